The molecule has 0 aliphatic carbocycles. The Morgan fingerprint density at radius 1 is 0.929 bits per heavy atom. The molecular weight excluding hydrogens is 541 g/mol. The first-order chi connectivity index (χ1) is 20.3. The van der Waals surface area contributed by atoms with Gasteiger partial charge in [0.05, 0.1) is 25.1 Å². The van der Waals surface area contributed by atoms with Crippen LogP contribution in [0.4, 0.5) is 20.6 Å². The lowest BCUT2D eigenvalue weighted by molar-refractivity contribution is 0.102. The Balaban J connectivity index is 1.29. The molecule has 11 heteroatoms. The standard InChI is InChI=1S/C31H26FN5O5/c1-18-23-13-21(22-14-24(32)30(41-2)33-16-22)15-27(28(23)35-17-34-18)42-12-11-19-7-9-20(10-8-19)29(38)36-25-5-3-4-6-26(25)37-31(39)40/h3-10,13-17,37H,11-12H2,1-2H3,(H,36,38)(H,39,40). The minimum absolute atomic E-state index is 0.0842. The van der Waals surface area contributed by atoms with Crippen LogP contribution in [0, 0.1) is 12.7 Å². The number of nitrogens with zero attached hydrogens (tertiary/aromatic N) is 3. The molecule has 0 saturated heterocycles. The van der Waals surface area contributed by atoms with Gasteiger partial charge in [0.15, 0.2) is 5.82 Å². The van der Waals surface area contributed by atoms with E-state index in [1.807, 2.05) is 25.1 Å². The molecule has 10 nitrogen and oxygen atoms in total. The summed E-state index contributed by atoms with van der Waals surface area (Å²) in [7, 11) is 1.36. The maximum atomic E-state index is 14.4. The van der Waals surface area contributed by atoms with Gasteiger partial charge < -0.3 is 19.9 Å². The first-order valence-corrected chi connectivity index (χ1v) is 12.9. The number of methoxy groups -OCH3 is 1. The largest absolute Gasteiger partial charge is 0.491 e. The number of halogens is 1. The number of anilines is 2. The Hall–Kier alpha value is -5.58. The van der Waals surface area contributed by atoms with E-state index in [0.717, 1.165) is 16.6 Å². The fourth-order valence-corrected chi connectivity index (χ4v) is 4.38. The van der Waals surface area contributed by atoms with Crippen LogP contribution in [0.1, 0.15) is 21.6 Å². The molecule has 0 unspecified atom stereocenters. The minimum atomic E-state index is -1.22. The number of carboxylic acid groups (broad SMARTS) is 1. The van der Waals surface area contributed by atoms with E-state index >= 15 is 0 Å². The third-order valence-electron chi connectivity index (χ3n) is 6.52. The minimum Gasteiger partial charge on any atom is -0.491 e. The van der Waals surface area contributed by atoms with E-state index in [4.69, 9.17) is 14.6 Å². The number of benzene rings is 3. The van der Waals surface area contributed by atoms with Gasteiger partial charge in [0, 0.05) is 34.8 Å². The summed E-state index contributed by atoms with van der Waals surface area (Å²) in [6.07, 6.45) is 2.32. The first-order valence-electron chi connectivity index (χ1n) is 12.9. The second kappa shape index (κ2) is 12.3. The second-order valence-electron chi connectivity index (χ2n) is 9.27. The lowest BCUT2D eigenvalue weighted by Gasteiger charge is -2.13. The number of aromatic nitrogens is 3. The zero-order valence-corrected chi connectivity index (χ0v) is 22.7. The van der Waals surface area contributed by atoms with Crippen LogP contribution >= 0.6 is 0 Å². The fourth-order valence-electron chi connectivity index (χ4n) is 4.38. The van der Waals surface area contributed by atoms with Crippen LogP contribution in [0.2, 0.25) is 0 Å². The van der Waals surface area contributed by atoms with Crippen molar-refractivity contribution in [2.75, 3.05) is 24.4 Å². The van der Waals surface area contributed by atoms with Crippen molar-refractivity contribution in [2.24, 2.45) is 0 Å². The number of carbonyl (C=O) groups excluding carboxylic acids is 1. The second-order valence-corrected chi connectivity index (χ2v) is 9.27. The van der Waals surface area contributed by atoms with Gasteiger partial charge in [-0.15, -0.1) is 0 Å². The number of pyridine rings is 1. The number of carbonyl (C=O) groups is 2. The molecule has 0 saturated carbocycles. The smallest absolute Gasteiger partial charge is 0.409 e. The number of hydrogen-bond donors (Lipinski definition) is 3. The highest BCUT2D eigenvalue weighted by molar-refractivity contribution is 6.06. The van der Waals surface area contributed by atoms with Gasteiger partial charge in [0.1, 0.15) is 17.6 Å². The molecule has 3 aromatic carbocycles. The molecule has 5 rings (SSSR count). The highest BCUT2D eigenvalue weighted by atomic mass is 19.1. The van der Waals surface area contributed by atoms with Crippen LogP contribution in [0.5, 0.6) is 11.6 Å². The van der Waals surface area contributed by atoms with E-state index in [-0.39, 0.29) is 17.5 Å². The predicted molar refractivity (Wildman–Crippen MR) is 156 cm³/mol. The molecule has 0 fully saturated rings. The van der Waals surface area contributed by atoms with Crippen molar-refractivity contribution in [1.29, 1.82) is 0 Å². The summed E-state index contributed by atoms with van der Waals surface area (Å²) < 4.78 is 25.5. The predicted octanol–water partition coefficient (Wildman–Crippen LogP) is 6.11. The van der Waals surface area contributed by atoms with E-state index in [1.54, 1.807) is 42.5 Å². The number of hydrogen-bond acceptors (Lipinski definition) is 7. The number of fused-ring (bicyclic) bond motifs is 1. The van der Waals surface area contributed by atoms with E-state index in [0.29, 0.717) is 46.7 Å². The average molecular weight is 568 g/mol. The number of nitrogens with one attached hydrogen (secondary N) is 2. The Bertz CT molecular complexity index is 1780. The van der Waals surface area contributed by atoms with Gasteiger partial charge in [0.2, 0.25) is 5.88 Å². The molecule has 2 aromatic heterocycles. The normalized spacial score (nSPS) is 10.7. The van der Waals surface area contributed by atoms with Crippen LogP contribution in [0.25, 0.3) is 22.0 Å². The molecule has 42 heavy (non-hydrogen) atoms. The number of ether oxygens (including phenoxy) is 2. The van der Waals surface area contributed by atoms with E-state index in [2.05, 4.69) is 25.6 Å². The Morgan fingerprint density at radius 2 is 1.67 bits per heavy atom. The number of aryl methyl sites for hydroxylation is 1. The average Bonchev–Trinajstić information content (AvgIpc) is 2.98. The molecule has 212 valence electrons. The summed E-state index contributed by atoms with van der Waals surface area (Å²) in [6.45, 7) is 2.18. The van der Waals surface area contributed by atoms with Gasteiger partial charge in [0.25, 0.3) is 5.91 Å². The molecule has 3 N–H and O–H groups in total. The lowest BCUT2D eigenvalue weighted by Crippen LogP contribution is -2.15. The van der Waals surface area contributed by atoms with Gasteiger partial charge in [-0.05, 0) is 60.5 Å². The molecular formula is C31H26FN5O5. The number of amides is 2. The molecule has 0 radical (unpaired) electrons. The lowest BCUT2D eigenvalue weighted by atomic mass is 10.0. The summed E-state index contributed by atoms with van der Waals surface area (Å²) in [5, 5.41) is 14.8. The molecule has 2 amide bonds. The Kier molecular flexibility index (Phi) is 8.19. The van der Waals surface area contributed by atoms with Crippen molar-refractivity contribution in [1.82, 2.24) is 15.0 Å². The monoisotopic (exact) mass is 567 g/mol. The van der Waals surface area contributed by atoms with Crippen LogP contribution in [-0.4, -0.2) is 45.8 Å². The Morgan fingerprint density at radius 3 is 2.36 bits per heavy atom. The van der Waals surface area contributed by atoms with E-state index < -0.39 is 11.9 Å². The maximum absolute atomic E-state index is 14.4. The highest BCUT2D eigenvalue weighted by Gasteiger charge is 2.14. The SMILES string of the molecule is COc1ncc(-c2cc(OCCc3ccc(C(=O)Nc4ccccc4NC(=O)O)cc3)c3ncnc(C)c3c2)cc1F. The summed E-state index contributed by atoms with van der Waals surface area (Å²) in [4.78, 5) is 36.5. The fraction of sp³-hybridized carbons (Fsp3) is 0.129. The van der Waals surface area contributed by atoms with Crippen molar-refractivity contribution in [3.63, 3.8) is 0 Å². The summed E-state index contributed by atoms with van der Waals surface area (Å²) in [5.41, 5.74) is 4.62. The van der Waals surface area contributed by atoms with Crippen LogP contribution < -0.4 is 20.1 Å². The summed E-state index contributed by atoms with van der Waals surface area (Å²) in [6, 6.07) is 18.6. The maximum Gasteiger partial charge on any atom is 0.409 e. The zero-order valence-electron chi connectivity index (χ0n) is 22.7. The van der Waals surface area contributed by atoms with Gasteiger partial charge >= 0.3 is 6.09 Å². The topological polar surface area (TPSA) is 136 Å². The molecule has 0 aliphatic heterocycles. The van der Waals surface area contributed by atoms with Crippen molar-refractivity contribution < 1.29 is 28.6 Å². The van der Waals surface area contributed by atoms with Crippen molar-refractivity contribution in [3.05, 3.63) is 102 Å². The first kappa shape index (κ1) is 28.0. The summed E-state index contributed by atoms with van der Waals surface area (Å²) >= 11 is 0. The third-order valence-corrected chi connectivity index (χ3v) is 6.52. The van der Waals surface area contributed by atoms with Crippen molar-refractivity contribution >= 4 is 34.3 Å². The van der Waals surface area contributed by atoms with Gasteiger partial charge in [-0.3, -0.25) is 10.1 Å². The summed E-state index contributed by atoms with van der Waals surface area (Å²) in [5.74, 6) is -0.509. The third kappa shape index (κ3) is 6.25. The van der Waals surface area contributed by atoms with Crippen LogP contribution in [0.3, 0.4) is 0 Å². The van der Waals surface area contributed by atoms with Gasteiger partial charge in [-0.2, -0.15) is 0 Å². The molecule has 2 heterocycles. The molecule has 0 spiro atoms. The van der Waals surface area contributed by atoms with E-state index in [9.17, 15) is 14.0 Å². The number of rotatable bonds is 9. The van der Waals surface area contributed by atoms with E-state index in [1.165, 1.54) is 25.7 Å². The van der Waals surface area contributed by atoms with Crippen molar-refractivity contribution in [2.45, 2.75) is 13.3 Å². The quantitative estimate of drug-likeness (QED) is 0.194. The highest BCUT2D eigenvalue weighted by Crippen LogP contribution is 2.33. The van der Waals surface area contributed by atoms with Gasteiger partial charge in [-0.1, -0.05) is 24.3 Å². The molecule has 5 aromatic rings. The van der Waals surface area contributed by atoms with Crippen LogP contribution in [0.15, 0.2) is 79.3 Å². The van der Waals surface area contributed by atoms with Crippen molar-refractivity contribution in [3.8, 4) is 22.8 Å². The zero-order chi connectivity index (χ0) is 29.6. The van der Waals surface area contributed by atoms with Crippen LogP contribution in [-0.2, 0) is 6.42 Å². The molecule has 0 aliphatic rings. The molecule has 0 bridgehead atoms. The Labute approximate surface area is 240 Å². The number of para-hydroxylation sites is 2. The molecule has 0 atom stereocenters. The van der Waals surface area contributed by atoms with Gasteiger partial charge in [-0.25, -0.2) is 24.1 Å².